The van der Waals surface area contributed by atoms with Gasteiger partial charge in [-0.15, -0.1) is 16.7 Å². The maximum absolute atomic E-state index is 13.2. The van der Waals surface area contributed by atoms with E-state index in [0.29, 0.717) is 39.9 Å². The Morgan fingerprint density at radius 1 is 1.13 bits per heavy atom. The summed E-state index contributed by atoms with van der Waals surface area (Å²) in [5.74, 6) is 2.54. The predicted octanol–water partition coefficient (Wildman–Crippen LogP) is 4.59. The molecule has 2 aliphatic heterocycles. The average Bonchev–Trinajstić information content (AvgIpc) is 3.66. The molecule has 2 aromatic heterocycles. The third-order valence-corrected chi connectivity index (χ3v) is 7.33. The molecule has 2 aliphatic rings. The van der Waals surface area contributed by atoms with Crippen molar-refractivity contribution in [3.63, 3.8) is 0 Å². The lowest BCUT2D eigenvalue weighted by Crippen LogP contribution is -2.33. The maximum Gasteiger partial charge on any atom is 0.442 e. The zero-order chi connectivity index (χ0) is 26.7. The van der Waals surface area contributed by atoms with Crippen LogP contribution in [0.3, 0.4) is 0 Å². The normalized spacial score (nSPS) is 17.5. The van der Waals surface area contributed by atoms with Gasteiger partial charge in [0.2, 0.25) is 0 Å². The predicted molar refractivity (Wildman–Crippen MR) is 132 cm³/mol. The van der Waals surface area contributed by atoms with Crippen molar-refractivity contribution in [1.29, 1.82) is 5.26 Å². The van der Waals surface area contributed by atoms with Crippen molar-refractivity contribution >= 4 is 16.6 Å². The van der Waals surface area contributed by atoms with Gasteiger partial charge in [0.25, 0.3) is 5.56 Å². The fourth-order valence-corrected chi connectivity index (χ4v) is 5.17. The molecule has 38 heavy (non-hydrogen) atoms. The minimum absolute atomic E-state index is 0.0160. The van der Waals surface area contributed by atoms with E-state index >= 15 is 0 Å². The van der Waals surface area contributed by atoms with Crippen molar-refractivity contribution in [2.75, 3.05) is 13.1 Å². The summed E-state index contributed by atoms with van der Waals surface area (Å²) in [7, 11) is 0. The zero-order valence-electron chi connectivity index (χ0n) is 20.0. The van der Waals surface area contributed by atoms with E-state index in [2.05, 4.69) is 37.2 Å². The Morgan fingerprint density at radius 2 is 1.84 bits per heavy atom. The van der Waals surface area contributed by atoms with Crippen LogP contribution < -0.4 is 5.56 Å². The fourth-order valence-electron chi connectivity index (χ4n) is 5.17. The summed E-state index contributed by atoms with van der Waals surface area (Å²) < 4.78 is 41.0. The van der Waals surface area contributed by atoms with Crippen molar-refractivity contribution in [3.05, 3.63) is 80.8 Å². The summed E-state index contributed by atoms with van der Waals surface area (Å²) in [6.45, 7) is 2.03. The summed E-state index contributed by atoms with van der Waals surface area (Å²) in [4.78, 5) is 19.9. The lowest BCUT2D eigenvalue weighted by Gasteiger charge is -2.31. The molecular weight excluding hydrogens is 495 g/mol. The number of nitrogens with zero attached hydrogens (tertiary/aromatic N) is 6. The molecule has 0 aliphatic carbocycles. The van der Waals surface area contributed by atoms with Crippen LogP contribution in [0.1, 0.15) is 46.7 Å². The van der Waals surface area contributed by atoms with Gasteiger partial charge in [0.1, 0.15) is 11.6 Å². The lowest BCUT2D eigenvalue weighted by molar-refractivity contribution is -0.166. The summed E-state index contributed by atoms with van der Waals surface area (Å²) in [5, 5.41) is 19.9. The minimum atomic E-state index is -4.54. The van der Waals surface area contributed by atoms with Crippen molar-refractivity contribution in [3.8, 4) is 18.4 Å². The topological polar surface area (TPSA) is 102 Å². The van der Waals surface area contributed by atoms with Crippen LogP contribution >= 0.6 is 0 Å². The Hall–Kier alpha value is -4.48. The fraction of sp³-hybridized carbons (Fsp3) is 0.296. The number of nitriles is 1. The van der Waals surface area contributed by atoms with Crippen LogP contribution in [-0.2, 0) is 12.2 Å². The first-order chi connectivity index (χ1) is 18.2. The number of hydrogen-bond acceptors (Lipinski definition) is 6. The summed E-state index contributed by atoms with van der Waals surface area (Å²) in [6.07, 6.45) is 2.41. The van der Waals surface area contributed by atoms with Crippen molar-refractivity contribution < 1.29 is 13.2 Å². The Bertz CT molecular complexity index is 1740. The standard InChI is InChI=1S/C27H20F3N7O/c1-2-16-5-8-22-20(13-16)25(38)37-24(32-22)21(14-31)23(33-37)18-9-11-36(12-10-18)15-17-3-6-19(7-4-17)26(34-35-26)27(28,29)30/h1,3-8,13,18,33H,9-12,15H2. The van der Waals surface area contributed by atoms with Crippen LogP contribution in [-0.4, -0.2) is 38.8 Å². The number of benzene rings is 2. The number of aromatic nitrogens is 3. The minimum Gasteiger partial charge on any atom is -0.299 e. The van der Waals surface area contributed by atoms with Crippen molar-refractivity contribution in [2.45, 2.75) is 37.1 Å². The Labute approximate surface area is 214 Å². The average molecular weight is 515 g/mol. The molecule has 0 bridgehead atoms. The highest BCUT2D eigenvalue weighted by molar-refractivity contribution is 5.82. The number of terminal acetylenes is 1. The van der Waals surface area contributed by atoms with Crippen LogP contribution in [0.2, 0.25) is 0 Å². The van der Waals surface area contributed by atoms with E-state index in [9.17, 15) is 23.2 Å². The number of rotatable bonds is 4. The third kappa shape index (κ3) is 3.75. The zero-order valence-corrected chi connectivity index (χ0v) is 20.0. The molecule has 8 nitrogen and oxygen atoms in total. The van der Waals surface area contributed by atoms with Gasteiger partial charge in [0.05, 0.1) is 16.6 Å². The quantitative estimate of drug-likeness (QED) is 0.402. The molecular formula is C27H20F3N7O. The molecule has 0 radical (unpaired) electrons. The van der Waals surface area contributed by atoms with Gasteiger partial charge >= 0.3 is 11.8 Å². The number of nitrogens with one attached hydrogen (secondary N) is 1. The number of fused-ring (bicyclic) bond motifs is 2. The lowest BCUT2D eigenvalue weighted by atomic mass is 9.91. The van der Waals surface area contributed by atoms with Gasteiger partial charge in [-0.05, 0) is 49.7 Å². The number of likely N-dealkylation sites (tertiary alicyclic amines) is 1. The van der Waals surface area contributed by atoms with E-state index in [1.165, 1.54) is 16.6 Å². The van der Waals surface area contributed by atoms with E-state index in [0.717, 1.165) is 31.5 Å². The van der Waals surface area contributed by atoms with E-state index < -0.39 is 11.8 Å². The molecule has 6 rings (SSSR count). The summed E-state index contributed by atoms with van der Waals surface area (Å²) >= 11 is 0. The molecule has 1 saturated heterocycles. The van der Waals surface area contributed by atoms with Crippen LogP contribution in [0.5, 0.6) is 0 Å². The molecule has 11 heteroatoms. The second-order valence-corrected chi connectivity index (χ2v) is 9.58. The smallest absolute Gasteiger partial charge is 0.299 e. The van der Waals surface area contributed by atoms with Gasteiger partial charge in [0, 0.05) is 23.6 Å². The number of aromatic amines is 1. The van der Waals surface area contributed by atoms with Crippen molar-refractivity contribution in [1.82, 2.24) is 19.5 Å². The van der Waals surface area contributed by atoms with Gasteiger partial charge in [-0.2, -0.15) is 22.9 Å². The summed E-state index contributed by atoms with van der Waals surface area (Å²) in [6, 6.07) is 13.4. The van der Waals surface area contributed by atoms with Crippen LogP contribution in [0.4, 0.5) is 13.2 Å². The largest absolute Gasteiger partial charge is 0.442 e. The Kier molecular flexibility index (Phi) is 5.37. The van der Waals surface area contributed by atoms with Gasteiger partial charge in [-0.25, -0.2) is 4.98 Å². The van der Waals surface area contributed by atoms with E-state index in [-0.39, 0.29) is 17.0 Å². The van der Waals surface area contributed by atoms with Crippen LogP contribution in [0, 0.1) is 23.7 Å². The Morgan fingerprint density at radius 3 is 2.45 bits per heavy atom. The number of H-pyrrole nitrogens is 1. The molecule has 0 spiro atoms. The van der Waals surface area contributed by atoms with Crippen LogP contribution in [0.25, 0.3) is 16.6 Å². The molecule has 4 aromatic rings. The van der Waals surface area contributed by atoms with E-state index in [1.54, 1.807) is 30.3 Å². The van der Waals surface area contributed by atoms with E-state index in [4.69, 9.17) is 6.42 Å². The second kappa shape index (κ2) is 8.54. The number of hydrogen-bond donors (Lipinski definition) is 1. The highest BCUT2D eigenvalue weighted by Crippen LogP contribution is 2.52. The third-order valence-electron chi connectivity index (χ3n) is 7.33. The molecule has 0 amide bonds. The van der Waals surface area contributed by atoms with Gasteiger partial charge in [0.15, 0.2) is 5.65 Å². The number of halogens is 3. The molecule has 0 saturated carbocycles. The monoisotopic (exact) mass is 515 g/mol. The molecule has 2 aromatic carbocycles. The number of piperidine rings is 1. The molecule has 190 valence electrons. The SMILES string of the molecule is C#Cc1ccc2nc3c(C#N)c(C4CCN(Cc5ccc(C6(C(F)(F)F)N=N6)cc5)CC4)[nH]n3c(=O)c2c1. The summed E-state index contributed by atoms with van der Waals surface area (Å²) in [5.41, 5.74) is 0.562. The van der Waals surface area contributed by atoms with Gasteiger partial charge in [-0.3, -0.25) is 14.8 Å². The van der Waals surface area contributed by atoms with Gasteiger partial charge < -0.3 is 0 Å². The highest BCUT2D eigenvalue weighted by Gasteiger charge is 2.65. The Balaban J connectivity index is 1.19. The van der Waals surface area contributed by atoms with Crippen molar-refractivity contribution in [2.24, 2.45) is 10.2 Å². The molecule has 0 unspecified atom stereocenters. The molecule has 0 atom stereocenters. The second-order valence-electron chi connectivity index (χ2n) is 9.58. The molecule has 1 fully saturated rings. The molecule has 1 N–H and O–H groups in total. The molecule has 4 heterocycles. The highest BCUT2D eigenvalue weighted by atomic mass is 19.4. The first-order valence-corrected chi connectivity index (χ1v) is 12.0. The first kappa shape index (κ1) is 23.9. The maximum atomic E-state index is 13.2. The van der Waals surface area contributed by atoms with Crippen LogP contribution in [0.15, 0.2) is 57.5 Å². The van der Waals surface area contributed by atoms with Gasteiger partial charge in [-0.1, -0.05) is 30.2 Å². The number of alkyl halides is 3. The first-order valence-electron chi connectivity index (χ1n) is 12.0. The van der Waals surface area contributed by atoms with E-state index in [1.807, 2.05) is 0 Å².